The van der Waals surface area contributed by atoms with Crippen LogP contribution in [0.1, 0.15) is 25.3 Å². The average molecular weight is 246 g/mol. The second-order valence-corrected chi connectivity index (χ2v) is 4.57. The van der Waals surface area contributed by atoms with Gasteiger partial charge in [-0.3, -0.25) is 4.79 Å². The van der Waals surface area contributed by atoms with Crippen LogP contribution in [-0.2, 0) is 15.1 Å². The third-order valence-electron chi connectivity index (χ3n) is 3.56. The van der Waals surface area contributed by atoms with Gasteiger partial charge in [-0.25, -0.2) is 0 Å². The molecule has 1 atom stereocenters. The van der Waals surface area contributed by atoms with Gasteiger partial charge in [0, 0.05) is 13.5 Å². The molecule has 0 saturated heterocycles. The largest absolute Gasteiger partial charge is 0.497 e. The highest BCUT2D eigenvalue weighted by Gasteiger charge is 2.34. The molecule has 0 amide bonds. The number of allylic oxidation sites excluding steroid dienone is 1. The van der Waals surface area contributed by atoms with Crippen LogP contribution in [-0.4, -0.2) is 20.0 Å². The highest BCUT2D eigenvalue weighted by molar-refractivity contribution is 5.96. The van der Waals surface area contributed by atoms with Crippen molar-refractivity contribution in [2.24, 2.45) is 0 Å². The summed E-state index contributed by atoms with van der Waals surface area (Å²) < 4.78 is 10.8. The Labute approximate surface area is 107 Å². The number of Topliss-reactive ketones (excluding diaryl/α,β-unsaturated/α-hetero) is 1. The second kappa shape index (κ2) is 4.94. The predicted molar refractivity (Wildman–Crippen MR) is 69.7 cm³/mol. The molecule has 0 N–H and O–H groups in total. The molecule has 0 heterocycles. The number of hydrogen-bond acceptors (Lipinski definition) is 3. The molecule has 0 aliphatic heterocycles. The van der Waals surface area contributed by atoms with Gasteiger partial charge in [0.2, 0.25) is 0 Å². The standard InChI is InChI=1S/C15H18O3/c1-11-10-15(18-3,9-8-14(11)16)12-4-6-13(17-2)7-5-12/h4-7,10H,8-9H2,1-3H3. The van der Waals surface area contributed by atoms with Gasteiger partial charge in [0.25, 0.3) is 0 Å². The van der Waals surface area contributed by atoms with E-state index >= 15 is 0 Å². The third kappa shape index (κ3) is 2.18. The maximum atomic E-state index is 11.6. The molecule has 0 aromatic heterocycles. The van der Waals surface area contributed by atoms with Crippen molar-refractivity contribution in [2.75, 3.05) is 14.2 Å². The maximum absolute atomic E-state index is 11.6. The van der Waals surface area contributed by atoms with Crippen LogP contribution in [0.2, 0.25) is 0 Å². The smallest absolute Gasteiger partial charge is 0.158 e. The molecular weight excluding hydrogens is 228 g/mol. The highest BCUT2D eigenvalue weighted by atomic mass is 16.5. The normalized spacial score (nSPS) is 23.7. The van der Waals surface area contributed by atoms with Gasteiger partial charge < -0.3 is 9.47 Å². The number of ketones is 1. The lowest BCUT2D eigenvalue weighted by Gasteiger charge is -2.33. The monoisotopic (exact) mass is 246 g/mol. The summed E-state index contributed by atoms with van der Waals surface area (Å²) in [6.45, 7) is 1.85. The van der Waals surface area contributed by atoms with Crippen molar-refractivity contribution < 1.29 is 14.3 Å². The van der Waals surface area contributed by atoms with E-state index in [4.69, 9.17) is 9.47 Å². The van der Waals surface area contributed by atoms with Crippen LogP contribution in [0.3, 0.4) is 0 Å². The molecule has 1 aromatic carbocycles. The summed E-state index contributed by atoms with van der Waals surface area (Å²) in [4.78, 5) is 11.6. The van der Waals surface area contributed by atoms with Crippen LogP contribution in [0.4, 0.5) is 0 Å². The summed E-state index contributed by atoms with van der Waals surface area (Å²) in [5.74, 6) is 1.02. The molecule has 1 aliphatic rings. The van der Waals surface area contributed by atoms with Gasteiger partial charge in [-0.15, -0.1) is 0 Å². The molecule has 3 nitrogen and oxygen atoms in total. The highest BCUT2D eigenvalue weighted by Crippen LogP contribution is 2.37. The van der Waals surface area contributed by atoms with Crippen LogP contribution < -0.4 is 4.74 Å². The number of hydrogen-bond donors (Lipinski definition) is 0. The fourth-order valence-electron chi connectivity index (χ4n) is 2.38. The van der Waals surface area contributed by atoms with Crippen molar-refractivity contribution in [3.05, 3.63) is 41.5 Å². The summed E-state index contributed by atoms with van der Waals surface area (Å²) in [5.41, 5.74) is 1.35. The first-order valence-corrected chi connectivity index (χ1v) is 6.03. The molecule has 0 fully saturated rings. The molecule has 1 aromatic rings. The lowest BCUT2D eigenvalue weighted by atomic mass is 9.81. The molecule has 1 aliphatic carbocycles. The van der Waals surface area contributed by atoms with Crippen molar-refractivity contribution in [3.8, 4) is 5.75 Å². The van der Waals surface area contributed by atoms with Gasteiger partial charge in [0.1, 0.15) is 11.4 Å². The van der Waals surface area contributed by atoms with Crippen LogP contribution in [0, 0.1) is 0 Å². The van der Waals surface area contributed by atoms with Gasteiger partial charge in [-0.2, -0.15) is 0 Å². The fraction of sp³-hybridized carbons (Fsp3) is 0.400. The number of rotatable bonds is 3. The van der Waals surface area contributed by atoms with E-state index in [2.05, 4.69) is 0 Å². The Morgan fingerprint density at radius 1 is 1.17 bits per heavy atom. The summed E-state index contributed by atoms with van der Waals surface area (Å²) in [7, 11) is 3.33. The molecular formula is C15H18O3. The molecule has 0 spiro atoms. The van der Waals surface area contributed by atoms with Gasteiger partial charge in [-0.05, 0) is 42.7 Å². The van der Waals surface area contributed by atoms with Crippen LogP contribution in [0.25, 0.3) is 0 Å². The molecule has 1 unspecified atom stereocenters. The van der Waals surface area contributed by atoms with Crippen LogP contribution in [0.5, 0.6) is 5.75 Å². The second-order valence-electron chi connectivity index (χ2n) is 4.57. The minimum Gasteiger partial charge on any atom is -0.497 e. The summed E-state index contributed by atoms with van der Waals surface area (Å²) in [6, 6.07) is 7.80. The predicted octanol–water partition coefficient (Wildman–Crippen LogP) is 2.85. The fourth-order valence-corrected chi connectivity index (χ4v) is 2.38. The lowest BCUT2D eigenvalue weighted by molar-refractivity contribution is -0.118. The topological polar surface area (TPSA) is 35.5 Å². The molecule has 0 saturated carbocycles. The van der Waals surface area contributed by atoms with Crippen molar-refractivity contribution in [1.82, 2.24) is 0 Å². The average Bonchev–Trinajstić information content (AvgIpc) is 2.42. The number of benzene rings is 1. The molecule has 96 valence electrons. The first-order valence-electron chi connectivity index (χ1n) is 6.03. The van der Waals surface area contributed by atoms with Crippen molar-refractivity contribution in [3.63, 3.8) is 0 Å². The quantitative estimate of drug-likeness (QED) is 0.822. The van der Waals surface area contributed by atoms with E-state index in [1.54, 1.807) is 14.2 Å². The van der Waals surface area contributed by atoms with Crippen LogP contribution >= 0.6 is 0 Å². The number of ether oxygens (including phenoxy) is 2. The van der Waals surface area contributed by atoms with E-state index in [1.807, 2.05) is 37.3 Å². The Kier molecular flexibility index (Phi) is 3.53. The lowest BCUT2D eigenvalue weighted by Crippen LogP contribution is -2.31. The van der Waals surface area contributed by atoms with Crippen molar-refractivity contribution in [2.45, 2.75) is 25.4 Å². The van der Waals surface area contributed by atoms with E-state index in [0.29, 0.717) is 12.8 Å². The van der Waals surface area contributed by atoms with Crippen LogP contribution in [0.15, 0.2) is 35.9 Å². The number of carbonyl (C=O) groups excluding carboxylic acids is 1. The molecule has 3 heteroatoms. The zero-order chi connectivity index (χ0) is 13.2. The first kappa shape index (κ1) is 12.8. The minimum atomic E-state index is -0.482. The summed E-state index contributed by atoms with van der Waals surface area (Å²) >= 11 is 0. The Morgan fingerprint density at radius 3 is 2.33 bits per heavy atom. The van der Waals surface area contributed by atoms with E-state index in [0.717, 1.165) is 16.9 Å². The minimum absolute atomic E-state index is 0.205. The van der Waals surface area contributed by atoms with Crippen molar-refractivity contribution >= 4 is 5.78 Å². The SMILES string of the molecule is COc1ccc(C2(OC)C=C(C)C(=O)CC2)cc1. The number of carbonyl (C=O) groups is 1. The molecule has 2 rings (SSSR count). The summed E-state index contributed by atoms with van der Waals surface area (Å²) in [5, 5.41) is 0. The van der Waals surface area contributed by atoms with Gasteiger partial charge >= 0.3 is 0 Å². The zero-order valence-electron chi connectivity index (χ0n) is 11.0. The maximum Gasteiger partial charge on any atom is 0.158 e. The molecule has 18 heavy (non-hydrogen) atoms. The molecule has 0 bridgehead atoms. The Bertz CT molecular complexity index is 473. The Balaban J connectivity index is 2.40. The molecule has 0 radical (unpaired) electrons. The number of methoxy groups -OCH3 is 2. The van der Waals surface area contributed by atoms with Gasteiger partial charge in [0.15, 0.2) is 5.78 Å². The summed E-state index contributed by atoms with van der Waals surface area (Å²) in [6.07, 6.45) is 3.15. The Hall–Kier alpha value is -1.61. The zero-order valence-corrected chi connectivity index (χ0v) is 11.0. The van der Waals surface area contributed by atoms with E-state index < -0.39 is 5.60 Å². The van der Waals surface area contributed by atoms with Gasteiger partial charge in [0.05, 0.1) is 7.11 Å². The van der Waals surface area contributed by atoms with E-state index in [9.17, 15) is 4.79 Å². The third-order valence-corrected chi connectivity index (χ3v) is 3.56. The van der Waals surface area contributed by atoms with Crippen molar-refractivity contribution in [1.29, 1.82) is 0 Å². The van der Waals surface area contributed by atoms with E-state index in [1.165, 1.54) is 0 Å². The van der Waals surface area contributed by atoms with E-state index in [-0.39, 0.29) is 5.78 Å². The first-order chi connectivity index (χ1) is 8.61. The van der Waals surface area contributed by atoms with Gasteiger partial charge in [-0.1, -0.05) is 12.1 Å². The Morgan fingerprint density at radius 2 is 1.83 bits per heavy atom.